The second kappa shape index (κ2) is 4.14. The zero-order chi connectivity index (χ0) is 16.9. The van der Waals surface area contributed by atoms with Crippen LogP contribution in [-0.2, 0) is 0 Å². The fourth-order valence-corrected chi connectivity index (χ4v) is 4.90. The third kappa shape index (κ3) is 1.61. The number of aliphatic hydroxyl groups is 1. The smallest absolute Gasteiger partial charge is 0.336 e. The number of rotatable bonds is 0. The van der Waals surface area contributed by atoms with E-state index in [0.717, 1.165) is 23.8 Å². The zero-order valence-electron chi connectivity index (χ0n) is 14.0. The molecular weight excluding hydrogens is 308 g/mol. The average Bonchev–Trinajstić information content (AvgIpc) is 2.47. The van der Waals surface area contributed by atoms with Crippen LogP contribution in [-0.4, -0.2) is 22.4 Å². The molecule has 0 radical (unpaired) electrons. The molecule has 1 aromatic carbocycles. The van der Waals surface area contributed by atoms with Crippen LogP contribution in [0.2, 0.25) is 0 Å². The molecule has 0 saturated heterocycles. The molecule has 3 aliphatic rings. The SMILES string of the molecule is CC1(C)Oc2cc3oc(=O)ccc3c3c2[C@@H]2[C@H]1CC[C@@](C)(O3)[C@@H]2O. The van der Waals surface area contributed by atoms with Gasteiger partial charge < -0.3 is 19.0 Å². The molecule has 0 unspecified atom stereocenters. The van der Waals surface area contributed by atoms with Gasteiger partial charge in [-0.15, -0.1) is 0 Å². The van der Waals surface area contributed by atoms with Gasteiger partial charge in [0.1, 0.15) is 34.4 Å². The Morgan fingerprint density at radius 1 is 1.21 bits per heavy atom. The minimum absolute atomic E-state index is 0.0254. The normalized spacial score (nSPS) is 35.2. The maximum absolute atomic E-state index is 11.6. The molecule has 1 fully saturated rings. The van der Waals surface area contributed by atoms with Gasteiger partial charge in [-0.05, 0) is 39.7 Å². The van der Waals surface area contributed by atoms with Gasteiger partial charge in [-0.1, -0.05) is 0 Å². The first-order chi connectivity index (χ1) is 11.3. The van der Waals surface area contributed by atoms with Crippen LogP contribution in [0.4, 0.5) is 0 Å². The molecule has 1 aliphatic carbocycles. The van der Waals surface area contributed by atoms with Crippen LogP contribution in [0.3, 0.4) is 0 Å². The molecular formula is C19H20O5. The summed E-state index contributed by atoms with van der Waals surface area (Å²) in [5.41, 5.74) is -0.0283. The summed E-state index contributed by atoms with van der Waals surface area (Å²) in [5.74, 6) is 1.55. The molecule has 0 amide bonds. The van der Waals surface area contributed by atoms with Gasteiger partial charge in [0.2, 0.25) is 0 Å². The van der Waals surface area contributed by atoms with Crippen molar-refractivity contribution in [3.63, 3.8) is 0 Å². The predicted octanol–water partition coefficient (Wildman–Crippen LogP) is 2.97. The number of benzene rings is 1. The van der Waals surface area contributed by atoms with Crippen LogP contribution in [0.5, 0.6) is 11.5 Å². The Morgan fingerprint density at radius 3 is 2.79 bits per heavy atom. The molecule has 2 bridgehead atoms. The maximum Gasteiger partial charge on any atom is 0.336 e. The van der Waals surface area contributed by atoms with Crippen molar-refractivity contribution in [3.05, 3.63) is 34.2 Å². The second-order valence-corrected chi connectivity index (χ2v) is 8.02. The molecule has 24 heavy (non-hydrogen) atoms. The van der Waals surface area contributed by atoms with Crippen molar-refractivity contribution in [3.8, 4) is 11.5 Å². The van der Waals surface area contributed by atoms with Gasteiger partial charge in [0.05, 0.1) is 5.39 Å². The standard InChI is InChI=1S/C19H20O5/c1-18(2)10-6-7-19(3)17(21)14(10)15-12(23-18)8-11-9(16(15)24-19)4-5-13(20)22-11/h4-5,8,10,14,17,21H,6-7H2,1-3H3/t10-,14+,17-,19-/m1/s1. The van der Waals surface area contributed by atoms with Crippen molar-refractivity contribution in [1.82, 2.24) is 0 Å². The summed E-state index contributed by atoms with van der Waals surface area (Å²) in [5, 5.41) is 11.8. The molecule has 5 heteroatoms. The van der Waals surface area contributed by atoms with Crippen molar-refractivity contribution >= 4 is 11.0 Å². The summed E-state index contributed by atoms with van der Waals surface area (Å²) in [6.07, 6.45) is 1.15. The Hall–Kier alpha value is -2.01. The van der Waals surface area contributed by atoms with Crippen molar-refractivity contribution in [2.45, 2.75) is 56.8 Å². The lowest BCUT2D eigenvalue weighted by molar-refractivity contribution is -0.147. The van der Waals surface area contributed by atoms with Gasteiger partial charge in [0.25, 0.3) is 0 Å². The van der Waals surface area contributed by atoms with E-state index in [4.69, 9.17) is 13.9 Å². The summed E-state index contributed by atoms with van der Waals surface area (Å²) in [6, 6.07) is 4.91. The first kappa shape index (κ1) is 14.3. The lowest BCUT2D eigenvalue weighted by atomic mass is 9.60. The van der Waals surface area contributed by atoms with Crippen molar-refractivity contribution in [2.24, 2.45) is 5.92 Å². The Balaban J connectivity index is 1.90. The number of ether oxygens (including phenoxy) is 2. The van der Waals surface area contributed by atoms with Crippen LogP contribution in [0.25, 0.3) is 11.0 Å². The zero-order valence-corrected chi connectivity index (χ0v) is 14.0. The van der Waals surface area contributed by atoms with E-state index < -0.39 is 22.9 Å². The first-order valence-electron chi connectivity index (χ1n) is 8.47. The molecule has 126 valence electrons. The fraction of sp³-hybridized carbons (Fsp3) is 0.526. The monoisotopic (exact) mass is 328 g/mol. The van der Waals surface area contributed by atoms with E-state index in [1.54, 1.807) is 12.1 Å². The van der Waals surface area contributed by atoms with E-state index in [9.17, 15) is 9.90 Å². The highest BCUT2D eigenvalue weighted by Crippen LogP contribution is 2.61. The second-order valence-electron chi connectivity index (χ2n) is 8.02. The lowest BCUT2D eigenvalue weighted by Gasteiger charge is -2.57. The highest BCUT2D eigenvalue weighted by atomic mass is 16.5. The summed E-state index contributed by atoms with van der Waals surface area (Å²) in [7, 11) is 0. The highest BCUT2D eigenvalue weighted by molar-refractivity contribution is 5.88. The molecule has 0 spiro atoms. The summed E-state index contributed by atoms with van der Waals surface area (Å²) >= 11 is 0. The van der Waals surface area contributed by atoms with Crippen molar-refractivity contribution in [2.75, 3.05) is 0 Å². The molecule has 1 saturated carbocycles. The summed E-state index contributed by atoms with van der Waals surface area (Å²) in [6.45, 7) is 6.10. The number of hydrogen-bond acceptors (Lipinski definition) is 5. The Labute approximate surface area is 139 Å². The molecule has 4 atom stereocenters. The Morgan fingerprint density at radius 2 is 2.00 bits per heavy atom. The van der Waals surface area contributed by atoms with E-state index in [-0.39, 0.29) is 11.8 Å². The third-order valence-electron chi connectivity index (χ3n) is 6.16. The first-order valence-corrected chi connectivity index (χ1v) is 8.47. The fourth-order valence-electron chi connectivity index (χ4n) is 4.90. The van der Waals surface area contributed by atoms with Gasteiger partial charge >= 0.3 is 5.63 Å². The van der Waals surface area contributed by atoms with Gasteiger partial charge in [-0.2, -0.15) is 0 Å². The molecule has 5 rings (SSSR count). The van der Waals surface area contributed by atoms with Gasteiger partial charge in [0, 0.05) is 29.5 Å². The lowest BCUT2D eigenvalue weighted by Crippen LogP contribution is -2.61. The molecule has 1 aromatic heterocycles. The van der Waals surface area contributed by atoms with Gasteiger partial charge in [0.15, 0.2) is 0 Å². The van der Waals surface area contributed by atoms with Crippen LogP contribution < -0.4 is 15.1 Å². The van der Waals surface area contributed by atoms with E-state index in [0.29, 0.717) is 17.1 Å². The number of fused-ring (bicyclic) bond motifs is 3. The Kier molecular flexibility index (Phi) is 2.48. The van der Waals surface area contributed by atoms with E-state index >= 15 is 0 Å². The molecule has 2 aromatic rings. The molecule has 2 aliphatic heterocycles. The molecule has 5 nitrogen and oxygen atoms in total. The number of hydrogen-bond donors (Lipinski definition) is 1. The van der Waals surface area contributed by atoms with Gasteiger partial charge in [-0.3, -0.25) is 0 Å². The van der Waals surface area contributed by atoms with Crippen LogP contribution in [0, 0.1) is 5.92 Å². The van der Waals surface area contributed by atoms with E-state index in [1.165, 1.54) is 6.07 Å². The summed E-state index contributed by atoms with van der Waals surface area (Å²) < 4.78 is 17.9. The minimum Gasteiger partial charge on any atom is -0.487 e. The quantitative estimate of drug-likeness (QED) is 0.753. The van der Waals surface area contributed by atoms with E-state index in [2.05, 4.69) is 13.8 Å². The van der Waals surface area contributed by atoms with Crippen LogP contribution >= 0.6 is 0 Å². The third-order valence-corrected chi connectivity index (χ3v) is 6.16. The van der Waals surface area contributed by atoms with Crippen LogP contribution in [0.1, 0.15) is 45.1 Å². The van der Waals surface area contributed by atoms with Crippen molar-refractivity contribution < 1.29 is 19.0 Å². The molecule has 3 heterocycles. The van der Waals surface area contributed by atoms with Crippen molar-refractivity contribution in [1.29, 1.82) is 0 Å². The van der Waals surface area contributed by atoms with Gasteiger partial charge in [-0.25, -0.2) is 4.79 Å². The molecule has 1 N–H and O–H groups in total. The Bertz CT molecular complexity index is 927. The minimum atomic E-state index is -0.622. The number of aliphatic hydroxyl groups excluding tert-OH is 1. The van der Waals surface area contributed by atoms with Crippen LogP contribution in [0.15, 0.2) is 27.4 Å². The predicted molar refractivity (Wildman–Crippen MR) is 87.7 cm³/mol. The highest BCUT2D eigenvalue weighted by Gasteiger charge is 2.59. The van der Waals surface area contributed by atoms with E-state index in [1.807, 2.05) is 6.92 Å². The maximum atomic E-state index is 11.6. The average molecular weight is 328 g/mol. The summed E-state index contributed by atoms with van der Waals surface area (Å²) in [4.78, 5) is 11.6. The topological polar surface area (TPSA) is 68.9 Å². The largest absolute Gasteiger partial charge is 0.487 e.